The highest BCUT2D eigenvalue weighted by atomic mass is 16.5. The molecule has 6 heteroatoms. The van der Waals surface area contributed by atoms with Gasteiger partial charge in [-0.05, 0) is 42.7 Å². The van der Waals surface area contributed by atoms with Gasteiger partial charge in [0.1, 0.15) is 0 Å². The van der Waals surface area contributed by atoms with Crippen LogP contribution in [0.3, 0.4) is 0 Å². The molecule has 0 saturated carbocycles. The summed E-state index contributed by atoms with van der Waals surface area (Å²) < 4.78 is 6.27. The molecular weight excluding hydrogens is 430 g/mol. The van der Waals surface area contributed by atoms with Crippen molar-refractivity contribution in [2.45, 2.75) is 25.6 Å². The second kappa shape index (κ2) is 7.05. The lowest BCUT2D eigenvalue weighted by Gasteiger charge is -2.27. The first-order valence-electron chi connectivity index (χ1n) is 11.2. The molecule has 0 aromatic heterocycles. The molecule has 6 nitrogen and oxygen atoms in total. The molecule has 3 atom stereocenters. The molecule has 6 rings (SSSR count). The van der Waals surface area contributed by atoms with E-state index in [0.29, 0.717) is 11.3 Å². The van der Waals surface area contributed by atoms with Crippen LogP contribution in [0.1, 0.15) is 43.5 Å². The van der Waals surface area contributed by atoms with E-state index in [-0.39, 0.29) is 11.1 Å². The molecule has 34 heavy (non-hydrogen) atoms. The van der Waals surface area contributed by atoms with Crippen molar-refractivity contribution in [1.29, 1.82) is 0 Å². The number of rotatable bonds is 2. The van der Waals surface area contributed by atoms with Crippen LogP contribution >= 0.6 is 0 Å². The summed E-state index contributed by atoms with van der Waals surface area (Å²) in [4.78, 5) is 56.3. The standard InChI is InChI=1S/C28H21NO5/c1-15-12-13-18(14-16(15)2)29-26(32)21-22(27(29)33)28(34-23(21)17-8-4-3-5-9-17)24(30)19-10-6-7-11-20(19)25(28)31/h3-14,21-23H,1-2H3/t21-,22+,23-/m0/s1. The summed E-state index contributed by atoms with van der Waals surface area (Å²) in [5, 5.41) is 0. The van der Waals surface area contributed by atoms with E-state index in [1.54, 1.807) is 60.7 Å². The molecule has 0 radical (unpaired) electrons. The van der Waals surface area contributed by atoms with Crippen molar-refractivity contribution in [3.63, 3.8) is 0 Å². The van der Waals surface area contributed by atoms with Gasteiger partial charge in [0, 0.05) is 11.1 Å². The lowest BCUT2D eigenvalue weighted by molar-refractivity contribution is -0.127. The minimum Gasteiger partial charge on any atom is -0.349 e. The largest absolute Gasteiger partial charge is 0.349 e. The number of ether oxygens (including phenoxy) is 1. The summed E-state index contributed by atoms with van der Waals surface area (Å²) in [6, 6.07) is 20.8. The van der Waals surface area contributed by atoms with E-state index >= 15 is 0 Å². The van der Waals surface area contributed by atoms with Gasteiger partial charge in [-0.25, -0.2) is 4.90 Å². The quantitative estimate of drug-likeness (QED) is 0.435. The number of carbonyl (C=O) groups is 4. The number of nitrogens with zero attached hydrogens (tertiary/aromatic N) is 1. The highest BCUT2D eigenvalue weighted by Crippen LogP contribution is 2.57. The molecule has 0 N–H and O–H groups in total. The van der Waals surface area contributed by atoms with E-state index in [1.165, 1.54) is 0 Å². The van der Waals surface area contributed by atoms with Crippen molar-refractivity contribution in [3.05, 3.63) is 101 Å². The summed E-state index contributed by atoms with van der Waals surface area (Å²) in [6.07, 6.45) is -0.901. The molecule has 168 valence electrons. The minimum atomic E-state index is -2.05. The molecule has 1 aliphatic carbocycles. The predicted octanol–water partition coefficient (Wildman–Crippen LogP) is 4.00. The summed E-state index contributed by atoms with van der Waals surface area (Å²) in [6.45, 7) is 3.85. The smallest absolute Gasteiger partial charge is 0.241 e. The van der Waals surface area contributed by atoms with E-state index in [2.05, 4.69) is 0 Å². The third kappa shape index (κ3) is 2.49. The Morgan fingerprint density at radius 3 is 1.97 bits per heavy atom. The van der Waals surface area contributed by atoms with Gasteiger partial charge in [0.25, 0.3) is 0 Å². The van der Waals surface area contributed by atoms with Crippen molar-refractivity contribution >= 4 is 29.1 Å². The van der Waals surface area contributed by atoms with Gasteiger partial charge in [0.15, 0.2) is 0 Å². The molecular formula is C28H21NO5. The first kappa shape index (κ1) is 20.7. The Kier molecular flexibility index (Phi) is 4.29. The number of fused-ring (bicyclic) bond motifs is 3. The van der Waals surface area contributed by atoms with E-state index in [4.69, 9.17) is 4.74 Å². The van der Waals surface area contributed by atoms with Crippen LogP contribution in [-0.4, -0.2) is 29.0 Å². The number of hydrogen-bond donors (Lipinski definition) is 0. The molecule has 0 bridgehead atoms. The van der Waals surface area contributed by atoms with E-state index in [9.17, 15) is 19.2 Å². The van der Waals surface area contributed by atoms with Gasteiger partial charge in [-0.15, -0.1) is 0 Å². The van der Waals surface area contributed by atoms with Gasteiger partial charge >= 0.3 is 0 Å². The summed E-state index contributed by atoms with van der Waals surface area (Å²) in [5.74, 6) is -4.36. The number of aryl methyl sites for hydroxylation is 2. The van der Waals surface area contributed by atoms with Gasteiger partial charge < -0.3 is 4.74 Å². The Labute approximate surface area is 196 Å². The lowest BCUT2D eigenvalue weighted by Crippen LogP contribution is -2.51. The summed E-state index contributed by atoms with van der Waals surface area (Å²) >= 11 is 0. The number of carbonyl (C=O) groups excluding carboxylic acids is 4. The second-order valence-corrected chi connectivity index (χ2v) is 9.17. The second-order valence-electron chi connectivity index (χ2n) is 9.17. The van der Waals surface area contributed by atoms with Crippen LogP contribution in [0.4, 0.5) is 5.69 Å². The Morgan fingerprint density at radius 1 is 0.735 bits per heavy atom. The van der Waals surface area contributed by atoms with Crippen LogP contribution in [0.25, 0.3) is 0 Å². The van der Waals surface area contributed by atoms with Crippen molar-refractivity contribution in [2.75, 3.05) is 4.90 Å². The average Bonchev–Trinajstić information content (AvgIpc) is 3.42. The zero-order chi connectivity index (χ0) is 23.8. The summed E-state index contributed by atoms with van der Waals surface area (Å²) in [5.41, 5.74) is 1.45. The van der Waals surface area contributed by atoms with E-state index in [0.717, 1.165) is 16.0 Å². The number of Topliss-reactive ketones (excluding diaryl/α,β-unsaturated/α-hetero) is 2. The number of anilines is 1. The number of amides is 2. The zero-order valence-electron chi connectivity index (χ0n) is 18.6. The SMILES string of the molecule is Cc1ccc(N2C(=O)[C@@H]3[C@H](c4ccccc4)OC4(C(=O)c5ccccc5C4=O)[C@H]3C2=O)cc1C. The van der Waals surface area contributed by atoms with Crippen LogP contribution < -0.4 is 4.90 Å². The monoisotopic (exact) mass is 451 g/mol. The van der Waals surface area contributed by atoms with Crippen LogP contribution in [-0.2, 0) is 14.3 Å². The third-order valence-corrected chi connectivity index (χ3v) is 7.40. The number of imide groups is 1. The van der Waals surface area contributed by atoms with Crippen LogP contribution in [0, 0.1) is 25.7 Å². The fourth-order valence-electron chi connectivity index (χ4n) is 5.58. The van der Waals surface area contributed by atoms with Crippen molar-refractivity contribution in [1.82, 2.24) is 0 Å². The van der Waals surface area contributed by atoms with Crippen molar-refractivity contribution < 1.29 is 23.9 Å². The molecule has 2 fully saturated rings. The molecule has 2 saturated heterocycles. The molecule has 3 aliphatic rings. The first-order chi connectivity index (χ1) is 16.4. The van der Waals surface area contributed by atoms with Crippen LogP contribution in [0.5, 0.6) is 0 Å². The highest BCUT2D eigenvalue weighted by molar-refractivity contribution is 6.37. The Morgan fingerprint density at radius 2 is 1.35 bits per heavy atom. The highest BCUT2D eigenvalue weighted by Gasteiger charge is 2.74. The Balaban J connectivity index is 1.55. The van der Waals surface area contributed by atoms with Crippen molar-refractivity contribution in [3.8, 4) is 0 Å². The van der Waals surface area contributed by atoms with Gasteiger partial charge in [-0.2, -0.15) is 0 Å². The molecule has 3 aromatic rings. The molecule has 1 spiro atoms. The van der Waals surface area contributed by atoms with E-state index < -0.39 is 46.9 Å². The number of ketones is 2. The molecule has 3 aromatic carbocycles. The Hall–Kier alpha value is -3.90. The maximum atomic E-state index is 13.9. The maximum Gasteiger partial charge on any atom is 0.241 e. The number of hydrogen-bond acceptors (Lipinski definition) is 5. The molecule has 2 heterocycles. The van der Waals surface area contributed by atoms with Gasteiger partial charge in [0.2, 0.25) is 29.0 Å². The minimum absolute atomic E-state index is 0.227. The average molecular weight is 451 g/mol. The normalized spacial score (nSPS) is 24.8. The topological polar surface area (TPSA) is 80.8 Å². The van der Waals surface area contributed by atoms with Gasteiger partial charge in [0.05, 0.1) is 23.6 Å². The number of benzene rings is 3. The third-order valence-electron chi connectivity index (χ3n) is 7.40. The molecule has 2 amide bonds. The maximum absolute atomic E-state index is 13.9. The van der Waals surface area contributed by atoms with Gasteiger partial charge in [-0.3, -0.25) is 19.2 Å². The van der Waals surface area contributed by atoms with Gasteiger partial charge in [-0.1, -0.05) is 60.7 Å². The molecule has 0 unspecified atom stereocenters. The zero-order valence-corrected chi connectivity index (χ0v) is 18.6. The van der Waals surface area contributed by atoms with Crippen molar-refractivity contribution in [2.24, 2.45) is 11.8 Å². The first-order valence-corrected chi connectivity index (χ1v) is 11.2. The summed E-state index contributed by atoms with van der Waals surface area (Å²) in [7, 11) is 0. The van der Waals surface area contributed by atoms with E-state index in [1.807, 2.05) is 26.0 Å². The lowest BCUT2D eigenvalue weighted by atomic mass is 9.77. The molecule has 2 aliphatic heterocycles. The Bertz CT molecular complexity index is 1370. The van der Waals surface area contributed by atoms with Crippen LogP contribution in [0.2, 0.25) is 0 Å². The van der Waals surface area contributed by atoms with Crippen LogP contribution in [0.15, 0.2) is 72.8 Å². The fraction of sp³-hybridized carbons (Fsp3) is 0.214. The predicted molar refractivity (Wildman–Crippen MR) is 123 cm³/mol. The fourth-order valence-corrected chi connectivity index (χ4v) is 5.58.